The maximum atomic E-state index is 13.1. The second-order valence-electron chi connectivity index (χ2n) is 11.6. The largest absolute Gasteiger partial charge is 0.482 e. The number of hydrogen-bond donors (Lipinski definition) is 2. The maximum absolute atomic E-state index is 13.1. The lowest BCUT2D eigenvalue weighted by Crippen LogP contribution is -2.43. The lowest BCUT2D eigenvalue weighted by molar-refractivity contribution is -0.140. The van der Waals surface area contributed by atoms with E-state index in [1.807, 2.05) is 60.7 Å². The fourth-order valence-electron chi connectivity index (χ4n) is 5.55. The van der Waals surface area contributed by atoms with Gasteiger partial charge in [0, 0.05) is 36.1 Å². The van der Waals surface area contributed by atoms with Crippen LogP contribution in [0.25, 0.3) is 33.3 Å². The van der Waals surface area contributed by atoms with E-state index in [-0.39, 0.29) is 43.8 Å². The summed E-state index contributed by atoms with van der Waals surface area (Å²) in [7, 11) is 2.47. The Balaban J connectivity index is 1.14. The first-order chi connectivity index (χ1) is 24.8. The Kier molecular flexibility index (Phi) is 10.9. The van der Waals surface area contributed by atoms with Gasteiger partial charge in [-0.25, -0.2) is 4.98 Å². The highest BCUT2D eigenvalue weighted by Gasteiger charge is 2.23. The van der Waals surface area contributed by atoms with Crippen molar-refractivity contribution in [3.63, 3.8) is 0 Å². The Hall–Kier alpha value is -6.15. The van der Waals surface area contributed by atoms with E-state index < -0.39 is 11.9 Å². The van der Waals surface area contributed by atoms with Crippen molar-refractivity contribution in [1.29, 1.82) is 0 Å². The normalized spacial score (nSPS) is 12.7. The first kappa shape index (κ1) is 34.7. The number of anilines is 3. The summed E-state index contributed by atoms with van der Waals surface area (Å²) in [5, 5.41) is 7.94. The van der Waals surface area contributed by atoms with Crippen molar-refractivity contribution in [2.45, 2.75) is 0 Å². The summed E-state index contributed by atoms with van der Waals surface area (Å²) in [5.41, 5.74) is 3.82. The van der Waals surface area contributed by atoms with Crippen LogP contribution in [0.2, 0.25) is 0 Å². The molecule has 14 nitrogen and oxygen atoms in total. The van der Waals surface area contributed by atoms with E-state index in [0.717, 1.165) is 33.1 Å². The number of benzene rings is 4. The lowest BCUT2D eigenvalue weighted by Gasteiger charge is -2.28. The van der Waals surface area contributed by atoms with Crippen molar-refractivity contribution in [2.24, 2.45) is 0 Å². The summed E-state index contributed by atoms with van der Waals surface area (Å²) in [6, 6.07) is 24.0. The summed E-state index contributed by atoms with van der Waals surface area (Å²) in [5.74, 6) is -1.09. The van der Waals surface area contributed by atoms with Gasteiger partial charge in [0.1, 0.15) is 24.4 Å². The zero-order chi connectivity index (χ0) is 35.7. The number of carbonyl (C=O) groups is 4. The van der Waals surface area contributed by atoms with E-state index in [1.54, 1.807) is 17.0 Å². The van der Waals surface area contributed by atoms with Gasteiger partial charge < -0.3 is 43.8 Å². The van der Waals surface area contributed by atoms with E-state index in [9.17, 15) is 19.2 Å². The number of methoxy groups -OCH3 is 2. The number of oxazole rings is 1. The number of esters is 2. The number of nitrogens with one attached hydrogen (secondary N) is 2. The molecule has 1 aliphatic heterocycles. The van der Waals surface area contributed by atoms with Crippen molar-refractivity contribution < 1.29 is 42.5 Å². The third-order valence-corrected chi connectivity index (χ3v) is 8.23. The molecule has 0 unspecified atom stereocenters. The number of morpholine rings is 1. The quantitative estimate of drug-likeness (QED) is 0.170. The number of carbonyl (C=O) groups excluding carboxylic acids is 4. The smallest absolute Gasteiger partial charge is 0.325 e. The summed E-state index contributed by atoms with van der Waals surface area (Å²) >= 11 is 0. The molecule has 51 heavy (non-hydrogen) atoms. The third kappa shape index (κ3) is 8.72. The van der Waals surface area contributed by atoms with Crippen molar-refractivity contribution >= 4 is 62.7 Å². The molecule has 1 fully saturated rings. The first-order valence-electron chi connectivity index (χ1n) is 16.2. The molecule has 5 aromatic rings. The second-order valence-corrected chi connectivity index (χ2v) is 11.6. The predicted molar refractivity (Wildman–Crippen MR) is 190 cm³/mol. The molecule has 264 valence electrons. The van der Waals surface area contributed by atoms with Crippen LogP contribution in [0.3, 0.4) is 0 Å². The number of rotatable bonds is 13. The molecule has 0 atom stereocenters. The molecule has 14 heteroatoms. The summed E-state index contributed by atoms with van der Waals surface area (Å²) in [6.07, 6.45) is 0. The van der Waals surface area contributed by atoms with Crippen LogP contribution in [0.5, 0.6) is 5.75 Å². The molecule has 0 aliphatic carbocycles. The first-order valence-corrected chi connectivity index (χ1v) is 16.2. The van der Waals surface area contributed by atoms with Crippen LogP contribution in [0.4, 0.5) is 17.1 Å². The number of nitrogens with zero attached hydrogens (tertiary/aromatic N) is 3. The zero-order valence-corrected chi connectivity index (χ0v) is 28.2. The minimum absolute atomic E-state index is 0.0449. The molecule has 0 spiro atoms. The van der Waals surface area contributed by atoms with E-state index >= 15 is 0 Å². The number of amides is 2. The van der Waals surface area contributed by atoms with Gasteiger partial charge in [0.2, 0.25) is 11.8 Å². The Bertz CT molecular complexity index is 2010. The van der Waals surface area contributed by atoms with Crippen LogP contribution in [-0.2, 0) is 33.4 Å². The van der Waals surface area contributed by atoms with Crippen LogP contribution in [0, 0.1) is 0 Å². The molecule has 2 heterocycles. The zero-order valence-electron chi connectivity index (χ0n) is 28.2. The van der Waals surface area contributed by atoms with Gasteiger partial charge >= 0.3 is 11.9 Å². The summed E-state index contributed by atoms with van der Waals surface area (Å²) in [6.45, 7) is 0.795. The van der Waals surface area contributed by atoms with Crippen LogP contribution >= 0.6 is 0 Å². The predicted octanol–water partition coefficient (Wildman–Crippen LogP) is 4.09. The van der Waals surface area contributed by atoms with Crippen LogP contribution in [-0.4, -0.2) is 100 Å². The third-order valence-electron chi connectivity index (χ3n) is 8.23. The highest BCUT2D eigenvalue weighted by atomic mass is 16.5. The molecule has 0 bridgehead atoms. The molecule has 1 saturated heterocycles. The van der Waals surface area contributed by atoms with Crippen molar-refractivity contribution in [2.75, 3.05) is 82.3 Å². The average Bonchev–Trinajstić information content (AvgIpc) is 3.60. The fraction of sp³-hybridized carbons (Fsp3) is 0.270. The van der Waals surface area contributed by atoms with E-state index in [4.69, 9.17) is 23.4 Å². The molecule has 1 aromatic heterocycles. The van der Waals surface area contributed by atoms with Gasteiger partial charge in [-0.3, -0.25) is 19.2 Å². The van der Waals surface area contributed by atoms with Crippen LogP contribution < -0.4 is 20.3 Å². The van der Waals surface area contributed by atoms with Gasteiger partial charge in [0.05, 0.1) is 39.7 Å². The minimum Gasteiger partial charge on any atom is -0.482 e. The maximum Gasteiger partial charge on any atom is 0.325 e. The van der Waals surface area contributed by atoms with E-state index in [0.29, 0.717) is 43.6 Å². The monoisotopic (exact) mass is 695 g/mol. The van der Waals surface area contributed by atoms with Gasteiger partial charge in [0.15, 0.2) is 12.2 Å². The topological polar surface area (TPSA) is 162 Å². The molecular weight excluding hydrogens is 658 g/mol. The van der Waals surface area contributed by atoms with Crippen molar-refractivity contribution in [3.05, 3.63) is 78.9 Å². The van der Waals surface area contributed by atoms with Gasteiger partial charge in [0.25, 0.3) is 5.91 Å². The Labute approximate surface area is 293 Å². The van der Waals surface area contributed by atoms with Crippen molar-refractivity contribution in [1.82, 2.24) is 9.88 Å². The highest BCUT2D eigenvalue weighted by Crippen LogP contribution is 2.32. The van der Waals surface area contributed by atoms with Gasteiger partial charge in [-0.05, 0) is 59.3 Å². The molecule has 0 radical (unpaired) electrons. The molecule has 2 amide bonds. The van der Waals surface area contributed by atoms with E-state index in [2.05, 4.69) is 15.6 Å². The Morgan fingerprint density at radius 1 is 0.843 bits per heavy atom. The van der Waals surface area contributed by atoms with Gasteiger partial charge in [-0.2, -0.15) is 0 Å². The second kappa shape index (κ2) is 16.0. The summed E-state index contributed by atoms with van der Waals surface area (Å²) in [4.78, 5) is 58.0. The number of hydrogen-bond acceptors (Lipinski definition) is 12. The summed E-state index contributed by atoms with van der Waals surface area (Å²) < 4.78 is 26.8. The standard InChI is InChI=1S/C37H37N5O9/c1-47-35(45)21-42(22-36(46)48-2)30-12-11-28(19-32(30)50-23-34(44)41-13-15-49-16-14-41)39-33(43)20-38-27-10-9-24-17-26(8-7-25(24)18-27)37-40-29-5-3-4-6-31(29)51-37/h3-12,17-19,38H,13-16,20-23H2,1-2H3,(H,39,43). The molecule has 6 rings (SSSR count). The number of fused-ring (bicyclic) bond motifs is 2. The highest BCUT2D eigenvalue weighted by molar-refractivity contribution is 5.95. The molecule has 4 aromatic carbocycles. The van der Waals surface area contributed by atoms with Crippen molar-refractivity contribution in [3.8, 4) is 17.2 Å². The van der Waals surface area contributed by atoms with Crippen LogP contribution in [0.1, 0.15) is 0 Å². The van der Waals surface area contributed by atoms with Gasteiger partial charge in [-0.1, -0.05) is 24.3 Å². The SMILES string of the molecule is COC(=O)CN(CC(=O)OC)c1ccc(NC(=O)CNc2ccc3cc(-c4nc5ccccc5o4)ccc3c2)cc1OCC(=O)N1CCOCC1. The fourth-order valence-corrected chi connectivity index (χ4v) is 5.55. The number of para-hydroxylation sites is 2. The Morgan fingerprint density at radius 3 is 2.29 bits per heavy atom. The molecule has 1 aliphatic rings. The number of aromatic nitrogens is 1. The molecule has 0 saturated carbocycles. The Morgan fingerprint density at radius 2 is 1.55 bits per heavy atom. The molecule has 2 N–H and O–H groups in total. The average molecular weight is 696 g/mol. The van der Waals surface area contributed by atoms with Gasteiger partial charge in [-0.15, -0.1) is 0 Å². The minimum atomic E-state index is -0.602. The molecular formula is C37H37N5O9. The number of ether oxygens (including phenoxy) is 4. The lowest BCUT2D eigenvalue weighted by atomic mass is 10.1. The van der Waals surface area contributed by atoms with E-state index in [1.165, 1.54) is 25.2 Å². The van der Waals surface area contributed by atoms with Crippen LogP contribution in [0.15, 0.2) is 83.3 Å².